The highest BCUT2D eigenvalue weighted by molar-refractivity contribution is 8.13. The van der Waals surface area contributed by atoms with Crippen molar-refractivity contribution in [3.8, 4) is 0 Å². The Bertz CT molecular complexity index is 515. The molecule has 0 radical (unpaired) electrons. The smallest absolute Gasteiger partial charge is 0.281 e. The fourth-order valence-electron chi connectivity index (χ4n) is 1.84. The Morgan fingerprint density at radius 2 is 1.80 bits per heavy atom. The van der Waals surface area contributed by atoms with Gasteiger partial charge >= 0.3 is 0 Å². The fraction of sp³-hybridized carbons (Fsp3) is 0.750. The van der Waals surface area contributed by atoms with E-state index in [9.17, 15) is 4.79 Å². The van der Waals surface area contributed by atoms with Crippen LogP contribution < -0.4 is 10.6 Å². The first-order valence-corrected chi connectivity index (χ1v) is 10.1. The van der Waals surface area contributed by atoms with E-state index in [2.05, 4.69) is 25.6 Å². The van der Waals surface area contributed by atoms with E-state index < -0.39 is 0 Å². The lowest BCUT2D eigenvalue weighted by atomic mass is 10.4. The molecule has 1 aromatic rings. The molecule has 1 heterocycles. The molecular weight excluding hydrogens is 360 g/mol. The molecule has 2 rings (SSSR count). The van der Waals surface area contributed by atoms with Crippen LogP contribution in [0.3, 0.4) is 0 Å². The monoisotopic (exact) mass is 388 g/mol. The third-order valence-electron chi connectivity index (χ3n) is 3.23. The van der Waals surface area contributed by atoms with Gasteiger partial charge in [0.2, 0.25) is 17.2 Å². The van der Waals surface area contributed by atoms with E-state index >= 15 is 0 Å². The average molecular weight is 389 g/mol. The van der Waals surface area contributed by atoms with Gasteiger partial charge in [-0.2, -0.15) is 15.0 Å². The van der Waals surface area contributed by atoms with Crippen LogP contribution in [0.4, 0.5) is 16.7 Å². The first-order chi connectivity index (χ1) is 11.9. The van der Waals surface area contributed by atoms with Crippen LogP contribution in [0.1, 0.15) is 47.5 Å². The van der Waals surface area contributed by atoms with Crippen LogP contribution in [0.25, 0.3) is 0 Å². The van der Waals surface area contributed by atoms with Crippen LogP contribution in [0.15, 0.2) is 0 Å². The summed E-state index contributed by atoms with van der Waals surface area (Å²) in [5.41, 5.74) is 0. The number of hydrogen-bond acceptors (Lipinski definition) is 7. The van der Waals surface area contributed by atoms with Crippen LogP contribution in [0, 0.1) is 0 Å². The quantitative estimate of drug-likeness (QED) is 0.726. The SMILES string of the molecule is CC(C)Nc1nc(Cl)nc(NC2CC2)n1.CCSC(=O)N(CC)CC. The van der Waals surface area contributed by atoms with Gasteiger partial charge in [-0.3, -0.25) is 4.79 Å². The highest BCUT2D eigenvalue weighted by Gasteiger charge is 2.22. The minimum absolute atomic E-state index is 0.201. The molecule has 1 aliphatic rings. The normalized spacial score (nSPS) is 13.1. The molecule has 2 N–H and O–H groups in total. The highest BCUT2D eigenvalue weighted by Crippen LogP contribution is 2.23. The van der Waals surface area contributed by atoms with Crippen molar-refractivity contribution in [2.75, 3.05) is 29.5 Å². The molecule has 0 atom stereocenters. The molecule has 0 aliphatic heterocycles. The summed E-state index contributed by atoms with van der Waals surface area (Å²) in [6.45, 7) is 11.7. The number of carbonyl (C=O) groups excluding carboxylic acids is 1. The van der Waals surface area contributed by atoms with Gasteiger partial charge in [0.05, 0.1) is 0 Å². The van der Waals surface area contributed by atoms with Crippen molar-refractivity contribution >= 4 is 40.5 Å². The Morgan fingerprint density at radius 1 is 1.20 bits per heavy atom. The van der Waals surface area contributed by atoms with Crippen LogP contribution in [0.5, 0.6) is 0 Å². The molecule has 0 aromatic carbocycles. The van der Waals surface area contributed by atoms with Gasteiger partial charge in [0.25, 0.3) is 5.24 Å². The lowest BCUT2D eigenvalue weighted by molar-refractivity contribution is 0.228. The molecule has 0 spiro atoms. The van der Waals surface area contributed by atoms with Gasteiger partial charge in [-0.15, -0.1) is 0 Å². The van der Waals surface area contributed by atoms with Gasteiger partial charge in [-0.05, 0) is 57.9 Å². The Balaban J connectivity index is 0.000000275. The fourth-order valence-corrected chi connectivity index (χ4v) is 2.69. The zero-order valence-corrected chi connectivity index (χ0v) is 17.2. The number of carbonyl (C=O) groups is 1. The Kier molecular flexibility index (Phi) is 9.89. The summed E-state index contributed by atoms with van der Waals surface area (Å²) in [6.07, 6.45) is 2.35. The minimum atomic E-state index is 0.201. The first-order valence-electron chi connectivity index (χ1n) is 8.75. The number of nitrogens with one attached hydrogen (secondary N) is 2. The third-order valence-corrected chi connectivity index (χ3v) is 4.19. The van der Waals surface area contributed by atoms with Crippen molar-refractivity contribution in [3.63, 3.8) is 0 Å². The summed E-state index contributed by atoms with van der Waals surface area (Å²) in [7, 11) is 0. The van der Waals surface area contributed by atoms with Gasteiger partial charge in [0.1, 0.15) is 0 Å². The number of thioether (sulfide) groups is 1. The standard InChI is InChI=1S/C9H14ClN5.C7H15NOS/c1-5(2)11-8-13-7(10)14-9(15-8)12-6-3-4-6;1-4-8(5-2)7(9)10-6-3/h5-6H,3-4H2,1-2H3,(H2,11,12,13,14,15);4-6H2,1-3H3. The van der Waals surface area contributed by atoms with Crippen LogP contribution in [-0.4, -0.2) is 56.0 Å². The van der Waals surface area contributed by atoms with Crippen molar-refractivity contribution in [2.45, 2.75) is 59.5 Å². The van der Waals surface area contributed by atoms with E-state index in [1.54, 1.807) is 0 Å². The summed E-state index contributed by atoms with van der Waals surface area (Å²) in [4.78, 5) is 25.2. The maximum atomic E-state index is 11.1. The minimum Gasteiger partial charge on any atom is -0.352 e. The molecule has 25 heavy (non-hydrogen) atoms. The Labute approximate surface area is 159 Å². The molecule has 1 aromatic heterocycles. The topological polar surface area (TPSA) is 83.0 Å². The second-order valence-corrected chi connectivity index (χ2v) is 7.39. The second-order valence-electron chi connectivity index (χ2n) is 5.84. The maximum absolute atomic E-state index is 11.1. The van der Waals surface area contributed by atoms with Crippen molar-refractivity contribution in [1.29, 1.82) is 0 Å². The largest absolute Gasteiger partial charge is 0.352 e. The molecule has 0 bridgehead atoms. The summed E-state index contributed by atoms with van der Waals surface area (Å²) >= 11 is 7.17. The van der Waals surface area contributed by atoms with Gasteiger partial charge in [0.15, 0.2) is 0 Å². The van der Waals surface area contributed by atoms with E-state index in [0.29, 0.717) is 17.9 Å². The number of anilines is 2. The number of amides is 1. The van der Waals surface area contributed by atoms with Crippen molar-refractivity contribution in [3.05, 3.63) is 5.28 Å². The molecule has 9 heteroatoms. The lowest BCUT2D eigenvalue weighted by Crippen LogP contribution is -2.26. The predicted octanol–water partition coefficient (Wildman–Crippen LogP) is 4.12. The zero-order chi connectivity index (χ0) is 18.8. The lowest BCUT2D eigenvalue weighted by Gasteiger charge is -2.16. The second kappa shape index (κ2) is 11.4. The van der Waals surface area contributed by atoms with E-state index in [4.69, 9.17) is 11.6 Å². The van der Waals surface area contributed by atoms with Crippen LogP contribution >= 0.6 is 23.4 Å². The Hall–Kier alpha value is -1.28. The van der Waals surface area contributed by atoms with E-state index in [0.717, 1.165) is 18.8 Å². The molecule has 0 unspecified atom stereocenters. The summed E-state index contributed by atoms with van der Waals surface area (Å²) < 4.78 is 0. The molecule has 7 nitrogen and oxygen atoms in total. The number of hydrogen-bond donors (Lipinski definition) is 2. The zero-order valence-electron chi connectivity index (χ0n) is 15.7. The van der Waals surface area contributed by atoms with Crippen molar-refractivity contribution in [1.82, 2.24) is 19.9 Å². The molecule has 142 valence electrons. The van der Waals surface area contributed by atoms with Crippen molar-refractivity contribution < 1.29 is 4.79 Å². The summed E-state index contributed by atoms with van der Waals surface area (Å²) in [5.74, 6) is 1.95. The summed E-state index contributed by atoms with van der Waals surface area (Å²) in [6, 6.07) is 0.785. The van der Waals surface area contributed by atoms with Gasteiger partial charge in [-0.25, -0.2) is 0 Å². The highest BCUT2D eigenvalue weighted by atomic mass is 35.5. The molecule has 1 aliphatic carbocycles. The number of rotatable bonds is 7. The number of halogens is 1. The van der Waals surface area contributed by atoms with E-state index in [1.807, 2.05) is 39.5 Å². The molecular formula is C16H29ClN6OS. The third kappa shape index (κ3) is 9.11. The molecule has 1 saturated carbocycles. The number of aromatic nitrogens is 3. The van der Waals surface area contributed by atoms with E-state index in [1.165, 1.54) is 24.6 Å². The van der Waals surface area contributed by atoms with Crippen LogP contribution in [-0.2, 0) is 0 Å². The van der Waals surface area contributed by atoms with Gasteiger partial charge in [-0.1, -0.05) is 18.7 Å². The molecule has 1 fully saturated rings. The van der Waals surface area contributed by atoms with Gasteiger partial charge in [0, 0.05) is 25.2 Å². The van der Waals surface area contributed by atoms with E-state index in [-0.39, 0.29) is 16.6 Å². The summed E-state index contributed by atoms with van der Waals surface area (Å²) in [5, 5.41) is 6.70. The first kappa shape index (κ1) is 21.8. The van der Waals surface area contributed by atoms with Gasteiger partial charge < -0.3 is 15.5 Å². The van der Waals surface area contributed by atoms with Crippen molar-refractivity contribution in [2.24, 2.45) is 0 Å². The average Bonchev–Trinajstić information content (AvgIpc) is 3.32. The predicted molar refractivity (Wildman–Crippen MR) is 107 cm³/mol. The Morgan fingerprint density at radius 3 is 2.28 bits per heavy atom. The molecule has 0 saturated heterocycles. The van der Waals surface area contributed by atoms with Crippen LogP contribution in [0.2, 0.25) is 5.28 Å². The molecule has 1 amide bonds. The maximum Gasteiger partial charge on any atom is 0.281 e. The number of nitrogens with zero attached hydrogens (tertiary/aromatic N) is 4.